The monoisotopic (exact) mass is 200 g/mol. The smallest absolute Gasteiger partial charge is 0.116 e. The molecule has 1 N–H and O–H groups in total. The molecule has 0 atom stereocenters. The Kier molecular flexibility index (Phi) is 3.07. The number of hydrogen-bond acceptors (Lipinski definition) is 2. The average Bonchev–Trinajstić information content (AvgIpc) is 2.19. The lowest BCUT2D eigenvalue weighted by atomic mass is 9.76. The van der Waals surface area contributed by atoms with Crippen molar-refractivity contribution < 1.29 is 4.39 Å². The van der Waals surface area contributed by atoms with Crippen LogP contribution >= 0.6 is 0 Å². The van der Waals surface area contributed by atoms with E-state index in [9.17, 15) is 4.39 Å². The van der Waals surface area contributed by atoms with Gasteiger partial charge in [-0.1, -0.05) is 0 Å². The van der Waals surface area contributed by atoms with Gasteiger partial charge in [-0.3, -0.25) is 0 Å². The zero-order chi connectivity index (χ0) is 10.0. The molecule has 0 aromatic heterocycles. The molecule has 0 aliphatic carbocycles. The number of alkyl halides is 1. The van der Waals surface area contributed by atoms with Crippen molar-refractivity contribution in [2.75, 3.05) is 33.2 Å². The number of halogens is 1. The lowest BCUT2D eigenvalue weighted by Crippen LogP contribution is -2.47. The van der Waals surface area contributed by atoms with E-state index in [1.165, 1.54) is 0 Å². The Morgan fingerprint density at radius 1 is 1.21 bits per heavy atom. The van der Waals surface area contributed by atoms with Crippen LogP contribution in [0.2, 0.25) is 0 Å². The Bertz CT molecular complexity index is 182. The molecule has 2 rings (SSSR count). The molecule has 82 valence electrons. The quantitative estimate of drug-likeness (QED) is 0.688. The molecule has 3 heteroatoms. The number of hydrogen-bond donors (Lipinski definition) is 1. The minimum Gasteiger partial charge on any atom is -0.316 e. The highest BCUT2D eigenvalue weighted by atomic mass is 19.1. The van der Waals surface area contributed by atoms with Gasteiger partial charge in [-0.25, -0.2) is 4.39 Å². The molecule has 0 unspecified atom stereocenters. The second-order valence-corrected chi connectivity index (χ2v) is 4.86. The predicted molar refractivity (Wildman–Crippen MR) is 56.2 cm³/mol. The van der Waals surface area contributed by atoms with Crippen LogP contribution in [0, 0.1) is 5.92 Å². The van der Waals surface area contributed by atoms with Crippen molar-refractivity contribution in [2.45, 2.75) is 31.4 Å². The van der Waals surface area contributed by atoms with E-state index in [1.807, 2.05) is 0 Å². The van der Waals surface area contributed by atoms with E-state index in [4.69, 9.17) is 0 Å². The van der Waals surface area contributed by atoms with Gasteiger partial charge in [0.1, 0.15) is 5.67 Å². The van der Waals surface area contributed by atoms with Crippen molar-refractivity contribution in [1.82, 2.24) is 10.2 Å². The van der Waals surface area contributed by atoms with Crippen LogP contribution in [0.5, 0.6) is 0 Å². The normalized spacial score (nSPS) is 30.4. The van der Waals surface area contributed by atoms with Crippen LogP contribution in [-0.4, -0.2) is 43.8 Å². The van der Waals surface area contributed by atoms with E-state index in [-0.39, 0.29) is 0 Å². The molecule has 2 aliphatic heterocycles. The molecule has 2 heterocycles. The van der Waals surface area contributed by atoms with Crippen LogP contribution in [0.25, 0.3) is 0 Å². The maximum Gasteiger partial charge on any atom is 0.116 e. The van der Waals surface area contributed by atoms with Gasteiger partial charge in [0.05, 0.1) is 0 Å². The third-order valence-electron chi connectivity index (χ3n) is 3.88. The lowest BCUT2D eigenvalue weighted by molar-refractivity contribution is 0.0130. The Balaban J connectivity index is 1.92. The van der Waals surface area contributed by atoms with Crippen LogP contribution in [0.15, 0.2) is 0 Å². The molecule has 0 radical (unpaired) electrons. The number of nitrogens with one attached hydrogen (secondary N) is 1. The van der Waals surface area contributed by atoms with E-state index in [0.29, 0.717) is 5.92 Å². The Hall–Kier alpha value is -0.150. The number of piperidine rings is 2. The van der Waals surface area contributed by atoms with Gasteiger partial charge in [-0.05, 0) is 64.8 Å². The third kappa shape index (κ3) is 2.09. The summed E-state index contributed by atoms with van der Waals surface area (Å²) in [4.78, 5) is 2.31. The molecule has 14 heavy (non-hydrogen) atoms. The molecule has 0 saturated carbocycles. The summed E-state index contributed by atoms with van der Waals surface area (Å²) in [7, 11) is 2.13. The van der Waals surface area contributed by atoms with E-state index >= 15 is 0 Å². The van der Waals surface area contributed by atoms with Crippen molar-refractivity contribution in [2.24, 2.45) is 5.92 Å². The van der Waals surface area contributed by atoms with E-state index in [1.54, 1.807) is 0 Å². The summed E-state index contributed by atoms with van der Waals surface area (Å²) < 4.78 is 14.5. The fourth-order valence-corrected chi connectivity index (χ4v) is 2.78. The topological polar surface area (TPSA) is 15.3 Å². The van der Waals surface area contributed by atoms with Gasteiger partial charge in [-0.15, -0.1) is 0 Å². The summed E-state index contributed by atoms with van der Waals surface area (Å²) in [5.41, 5.74) is -0.855. The van der Waals surface area contributed by atoms with Gasteiger partial charge < -0.3 is 10.2 Å². The van der Waals surface area contributed by atoms with Crippen molar-refractivity contribution >= 4 is 0 Å². The van der Waals surface area contributed by atoms with E-state index < -0.39 is 5.67 Å². The van der Waals surface area contributed by atoms with Gasteiger partial charge in [0.25, 0.3) is 0 Å². The van der Waals surface area contributed by atoms with Crippen molar-refractivity contribution in [3.63, 3.8) is 0 Å². The minimum absolute atomic E-state index is 0.320. The molecule has 0 aromatic rings. The standard InChI is InChI=1S/C11H21FN2/c1-14-8-2-10(3-9-14)11(12)4-6-13-7-5-11/h10,13H,2-9H2,1H3. The molecular formula is C11H21FN2. The SMILES string of the molecule is CN1CCC(C2(F)CCNCC2)CC1. The maximum atomic E-state index is 14.5. The summed E-state index contributed by atoms with van der Waals surface area (Å²) >= 11 is 0. The van der Waals surface area contributed by atoms with Gasteiger partial charge in [0.2, 0.25) is 0 Å². The number of likely N-dealkylation sites (tertiary alicyclic amines) is 1. The first kappa shape index (κ1) is 10.4. The summed E-state index contributed by atoms with van der Waals surface area (Å²) in [6.45, 7) is 3.87. The molecular weight excluding hydrogens is 179 g/mol. The van der Waals surface area contributed by atoms with E-state index in [0.717, 1.165) is 51.9 Å². The summed E-state index contributed by atoms with van der Waals surface area (Å²) in [6.07, 6.45) is 3.54. The fraction of sp³-hybridized carbons (Fsp3) is 1.00. The Labute approximate surface area is 85.9 Å². The molecule has 2 fully saturated rings. The highest BCUT2D eigenvalue weighted by Crippen LogP contribution is 2.37. The highest BCUT2D eigenvalue weighted by molar-refractivity contribution is 4.93. The van der Waals surface area contributed by atoms with Crippen molar-refractivity contribution in [3.05, 3.63) is 0 Å². The molecule has 0 spiro atoms. The molecule has 2 nitrogen and oxygen atoms in total. The van der Waals surface area contributed by atoms with Gasteiger partial charge in [-0.2, -0.15) is 0 Å². The first-order chi connectivity index (χ1) is 6.71. The van der Waals surface area contributed by atoms with Crippen molar-refractivity contribution in [3.8, 4) is 0 Å². The van der Waals surface area contributed by atoms with Gasteiger partial charge in [0, 0.05) is 0 Å². The van der Waals surface area contributed by atoms with Crippen LogP contribution < -0.4 is 5.32 Å². The van der Waals surface area contributed by atoms with Gasteiger partial charge >= 0.3 is 0 Å². The predicted octanol–water partition coefficient (Wildman–Crippen LogP) is 1.42. The van der Waals surface area contributed by atoms with Gasteiger partial charge in [0.15, 0.2) is 0 Å². The van der Waals surface area contributed by atoms with Crippen molar-refractivity contribution in [1.29, 1.82) is 0 Å². The molecule has 0 amide bonds. The number of nitrogens with zero attached hydrogens (tertiary/aromatic N) is 1. The fourth-order valence-electron chi connectivity index (χ4n) is 2.78. The first-order valence-electron chi connectivity index (χ1n) is 5.79. The lowest BCUT2D eigenvalue weighted by Gasteiger charge is -2.41. The Morgan fingerprint density at radius 3 is 2.36 bits per heavy atom. The first-order valence-corrected chi connectivity index (χ1v) is 5.79. The van der Waals surface area contributed by atoms with Crippen LogP contribution in [0.4, 0.5) is 4.39 Å². The third-order valence-corrected chi connectivity index (χ3v) is 3.88. The van der Waals surface area contributed by atoms with E-state index in [2.05, 4.69) is 17.3 Å². The van der Waals surface area contributed by atoms with Crippen LogP contribution in [0.1, 0.15) is 25.7 Å². The molecule has 2 saturated heterocycles. The Morgan fingerprint density at radius 2 is 1.79 bits per heavy atom. The summed E-state index contributed by atoms with van der Waals surface area (Å²) in [6, 6.07) is 0. The second-order valence-electron chi connectivity index (χ2n) is 4.86. The van der Waals surface area contributed by atoms with Crippen LogP contribution in [0.3, 0.4) is 0 Å². The minimum atomic E-state index is -0.855. The summed E-state index contributed by atoms with van der Waals surface area (Å²) in [5, 5.41) is 3.24. The van der Waals surface area contributed by atoms with Crippen LogP contribution in [-0.2, 0) is 0 Å². The zero-order valence-corrected chi connectivity index (χ0v) is 9.06. The largest absolute Gasteiger partial charge is 0.316 e. The second kappa shape index (κ2) is 4.15. The molecule has 2 aliphatic rings. The highest BCUT2D eigenvalue weighted by Gasteiger charge is 2.40. The maximum absolute atomic E-state index is 14.5. The molecule has 0 aromatic carbocycles. The average molecular weight is 200 g/mol. The zero-order valence-electron chi connectivity index (χ0n) is 9.06. The molecule has 0 bridgehead atoms. The summed E-state index contributed by atoms with van der Waals surface area (Å²) in [5.74, 6) is 0.320. The number of rotatable bonds is 1.